The summed E-state index contributed by atoms with van der Waals surface area (Å²) >= 11 is 9.36. The first-order valence-electron chi connectivity index (χ1n) is 4.38. The first kappa shape index (κ1) is 10.4. The van der Waals surface area contributed by atoms with Crippen LogP contribution in [0.1, 0.15) is 18.0 Å². The molecule has 0 aromatic heterocycles. The summed E-state index contributed by atoms with van der Waals surface area (Å²) in [4.78, 5) is 0. The van der Waals surface area contributed by atoms with Crippen molar-refractivity contribution in [3.8, 4) is 0 Å². The molecule has 1 aromatic carbocycles. The molecular weight excluding hydrogens is 265 g/mol. The highest BCUT2D eigenvalue weighted by atomic mass is 79.9. The van der Waals surface area contributed by atoms with E-state index in [1.807, 2.05) is 18.2 Å². The first-order chi connectivity index (χ1) is 6.66. The van der Waals surface area contributed by atoms with Crippen LogP contribution in [0.15, 0.2) is 22.7 Å². The lowest BCUT2D eigenvalue weighted by Gasteiger charge is -2.10. The minimum atomic E-state index is 0.0161. The van der Waals surface area contributed by atoms with Gasteiger partial charge < -0.3 is 5.73 Å². The quantitative estimate of drug-likeness (QED) is 0.734. The summed E-state index contributed by atoms with van der Waals surface area (Å²) in [7, 11) is 0. The summed E-state index contributed by atoms with van der Waals surface area (Å²) in [6, 6.07) is 6.18. The summed E-state index contributed by atoms with van der Waals surface area (Å²) in [5.41, 5.74) is 13.0. The number of halogens is 2. The monoisotopic (exact) mass is 275 g/mol. The lowest BCUT2D eigenvalue weighted by Crippen LogP contribution is -2.36. The fourth-order valence-electron chi connectivity index (χ4n) is 1.53. The van der Waals surface area contributed by atoms with Crippen molar-refractivity contribution in [1.29, 1.82) is 0 Å². The van der Waals surface area contributed by atoms with Crippen molar-refractivity contribution >= 4 is 27.5 Å². The Kier molecular flexibility index (Phi) is 3.09. The summed E-state index contributed by atoms with van der Waals surface area (Å²) in [5.74, 6) is 0. The van der Waals surface area contributed by atoms with Crippen LogP contribution >= 0.6 is 27.5 Å². The minimum Gasteiger partial charge on any atom is -0.315 e. The van der Waals surface area contributed by atoms with Crippen molar-refractivity contribution in [3.05, 3.63) is 33.3 Å². The number of rotatable bonds is 1. The van der Waals surface area contributed by atoms with Gasteiger partial charge in [-0.2, -0.15) is 0 Å². The van der Waals surface area contributed by atoms with Crippen molar-refractivity contribution in [2.45, 2.75) is 18.6 Å². The predicted octanol–water partition coefficient (Wildman–Crippen LogP) is 1.93. The molecule has 0 aliphatic carbocycles. The summed E-state index contributed by atoms with van der Waals surface area (Å²) in [6.07, 6.45) is 0.889. The SMILES string of the molecule is NC1CC(c2ccc(Br)c(Cl)c2)NN1. The molecule has 0 radical (unpaired) electrons. The molecule has 2 rings (SSSR count). The summed E-state index contributed by atoms with van der Waals surface area (Å²) in [6.45, 7) is 0. The van der Waals surface area contributed by atoms with Gasteiger partial charge in [0, 0.05) is 10.5 Å². The highest BCUT2D eigenvalue weighted by molar-refractivity contribution is 9.10. The van der Waals surface area contributed by atoms with Crippen molar-refractivity contribution in [3.63, 3.8) is 0 Å². The van der Waals surface area contributed by atoms with Crippen LogP contribution in [-0.4, -0.2) is 6.17 Å². The Morgan fingerprint density at radius 3 is 2.79 bits per heavy atom. The minimum absolute atomic E-state index is 0.0161. The van der Waals surface area contributed by atoms with E-state index in [1.165, 1.54) is 0 Å². The molecule has 5 heteroatoms. The molecule has 1 aromatic rings. The largest absolute Gasteiger partial charge is 0.315 e. The van der Waals surface area contributed by atoms with E-state index >= 15 is 0 Å². The van der Waals surface area contributed by atoms with E-state index < -0.39 is 0 Å². The zero-order valence-corrected chi connectivity index (χ0v) is 9.77. The zero-order chi connectivity index (χ0) is 10.1. The Balaban J connectivity index is 2.20. The normalized spacial score (nSPS) is 26.8. The third kappa shape index (κ3) is 2.10. The van der Waals surface area contributed by atoms with Crippen molar-refractivity contribution in [2.24, 2.45) is 5.73 Å². The Morgan fingerprint density at radius 1 is 1.43 bits per heavy atom. The van der Waals surface area contributed by atoms with Crippen LogP contribution in [0.2, 0.25) is 5.02 Å². The van der Waals surface area contributed by atoms with Gasteiger partial charge in [0.25, 0.3) is 0 Å². The third-order valence-electron chi connectivity index (χ3n) is 2.28. The van der Waals surface area contributed by atoms with Crippen LogP contribution in [-0.2, 0) is 0 Å². The van der Waals surface area contributed by atoms with Crippen LogP contribution in [0, 0.1) is 0 Å². The molecule has 0 spiro atoms. The van der Waals surface area contributed by atoms with Crippen LogP contribution < -0.4 is 16.6 Å². The predicted molar refractivity (Wildman–Crippen MR) is 60.8 cm³/mol. The molecule has 1 aliphatic rings. The van der Waals surface area contributed by atoms with E-state index in [1.54, 1.807) is 0 Å². The van der Waals surface area contributed by atoms with Gasteiger partial charge in [0.2, 0.25) is 0 Å². The number of benzene rings is 1. The van der Waals surface area contributed by atoms with Crippen LogP contribution in [0.3, 0.4) is 0 Å². The third-order valence-corrected chi connectivity index (χ3v) is 3.51. The van der Waals surface area contributed by atoms with Gasteiger partial charge in [-0.3, -0.25) is 0 Å². The lowest BCUT2D eigenvalue weighted by atomic mass is 10.1. The molecule has 1 fully saturated rings. The van der Waals surface area contributed by atoms with E-state index in [2.05, 4.69) is 26.8 Å². The molecule has 1 heterocycles. The average molecular weight is 277 g/mol. The van der Waals surface area contributed by atoms with Gasteiger partial charge in [-0.1, -0.05) is 17.7 Å². The number of hydrogen-bond donors (Lipinski definition) is 3. The van der Waals surface area contributed by atoms with Gasteiger partial charge >= 0.3 is 0 Å². The first-order valence-corrected chi connectivity index (χ1v) is 5.55. The molecular formula is C9H11BrClN3. The van der Waals surface area contributed by atoms with Crippen molar-refractivity contribution in [2.75, 3.05) is 0 Å². The van der Waals surface area contributed by atoms with Gasteiger partial charge in [-0.25, -0.2) is 10.9 Å². The van der Waals surface area contributed by atoms with Gasteiger partial charge in [0.05, 0.1) is 11.2 Å². The summed E-state index contributed by atoms with van der Waals surface area (Å²) < 4.78 is 0.915. The maximum atomic E-state index is 6.00. The number of hydrazine groups is 1. The molecule has 1 aliphatic heterocycles. The summed E-state index contributed by atoms with van der Waals surface area (Å²) in [5, 5.41) is 0.727. The Bertz CT molecular complexity index is 345. The number of nitrogens with two attached hydrogens (primary N) is 1. The van der Waals surface area contributed by atoms with E-state index in [-0.39, 0.29) is 12.2 Å². The molecule has 4 N–H and O–H groups in total. The van der Waals surface area contributed by atoms with E-state index in [0.29, 0.717) is 0 Å². The van der Waals surface area contributed by atoms with Crippen LogP contribution in [0.25, 0.3) is 0 Å². The fraction of sp³-hybridized carbons (Fsp3) is 0.333. The molecule has 1 saturated heterocycles. The molecule has 2 atom stereocenters. The Morgan fingerprint density at radius 2 is 2.21 bits per heavy atom. The Hall–Kier alpha value is -0.130. The van der Waals surface area contributed by atoms with Crippen LogP contribution in [0.5, 0.6) is 0 Å². The smallest absolute Gasteiger partial charge is 0.0698 e. The maximum absolute atomic E-state index is 6.00. The highest BCUT2D eigenvalue weighted by Gasteiger charge is 2.22. The fourth-order valence-corrected chi connectivity index (χ4v) is 1.96. The lowest BCUT2D eigenvalue weighted by molar-refractivity contribution is 0.552. The second kappa shape index (κ2) is 4.16. The molecule has 14 heavy (non-hydrogen) atoms. The van der Waals surface area contributed by atoms with Crippen LogP contribution in [0.4, 0.5) is 0 Å². The van der Waals surface area contributed by atoms with Gasteiger partial charge in [-0.05, 0) is 40.0 Å². The van der Waals surface area contributed by atoms with Crippen molar-refractivity contribution < 1.29 is 0 Å². The maximum Gasteiger partial charge on any atom is 0.0698 e. The second-order valence-corrected chi connectivity index (χ2v) is 4.62. The molecule has 76 valence electrons. The van der Waals surface area contributed by atoms with E-state index in [9.17, 15) is 0 Å². The molecule has 0 saturated carbocycles. The van der Waals surface area contributed by atoms with Gasteiger partial charge in [0.15, 0.2) is 0 Å². The number of nitrogens with one attached hydrogen (secondary N) is 2. The second-order valence-electron chi connectivity index (χ2n) is 3.36. The standard InChI is InChI=1S/C9H11BrClN3/c10-6-2-1-5(3-7(6)11)8-4-9(12)14-13-8/h1-3,8-9,13-14H,4,12H2. The average Bonchev–Trinajstić information content (AvgIpc) is 2.57. The number of hydrogen-bond acceptors (Lipinski definition) is 3. The zero-order valence-electron chi connectivity index (χ0n) is 7.43. The topological polar surface area (TPSA) is 50.1 Å². The molecule has 0 amide bonds. The van der Waals surface area contributed by atoms with Gasteiger partial charge in [0.1, 0.15) is 0 Å². The van der Waals surface area contributed by atoms with Crippen molar-refractivity contribution in [1.82, 2.24) is 10.9 Å². The highest BCUT2D eigenvalue weighted by Crippen LogP contribution is 2.28. The van der Waals surface area contributed by atoms with Gasteiger partial charge in [-0.15, -0.1) is 0 Å². The van der Waals surface area contributed by atoms with E-state index in [0.717, 1.165) is 21.5 Å². The van der Waals surface area contributed by atoms with E-state index in [4.69, 9.17) is 17.3 Å². The molecule has 0 bridgehead atoms. The molecule has 3 nitrogen and oxygen atoms in total. The molecule has 2 unspecified atom stereocenters. The Labute approximate surface area is 96.1 Å².